The van der Waals surface area contributed by atoms with Crippen LogP contribution < -0.4 is 14.9 Å². The van der Waals surface area contributed by atoms with E-state index in [2.05, 4.69) is 10.5 Å². The van der Waals surface area contributed by atoms with Gasteiger partial charge in [-0.2, -0.15) is 5.10 Å². The first kappa shape index (κ1) is 21.3. The van der Waals surface area contributed by atoms with E-state index in [0.29, 0.717) is 43.4 Å². The van der Waals surface area contributed by atoms with E-state index in [-0.39, 0.29) is 18.1 Å². The van der Waals surface area contributed by atoms with Gasteiger partial charge >= 0.3 is 0 Å². The first-order valence-electron chi connectivity index (χ1n) is 9.32. The lowest BCUT2D eigenvalue weighted by molar-refractivity contribution is -0.137. The maximum absolute atomic E-state index is 13.2. The minimum atomic E-state index is -0.528. The molecule has 2 aromatic carbocycles. The molecule has 0 bridgehead atoms. The van der Waals surface area contributed by atoms with Crippen LogP contribution >= 0.6 is 0 Å². The summed E-state index contributed by atoms with van der Waals surface area (Å²) in [6, 6.07) is 10.3. The van der Waals surface area contributed by atoms with Crippen molar-refractivity contribution >= 4 is 18.0 Å². The van der Waals surface area contributed by atoms with Gasteiger partial charge in [-0.15, -0.1) is 0 Å². The lowest BCUT2D eigenvalue weighted by atomic mass is 10.2. The molecule has 1 aliphatic rings. The highest BCUT2D eigenvalue weighted by Gasteiger charge is 2.18. The van der Waals surface area contributed by atoms with Crippen molar-refractivity contribution in [1.29, 1.82) is 0 Å². The summed E-state index contributed by atoms with van der Waals surface area (Å²) in [5.74, 6) is -0.311. The fourth-order valence-corrected chi connectivity index (χ4v) is 2.79. The normalized spacial score (nSPS) is 13.9. The van der Waals surface area contributed by atoms with Gasteiger partial charge in [-0.25, -0.2) is 9.82 Å². The summed E-state index contributed by atoms with van der Waals surface area (Å²) in [6.45, 7) is 2.05. The van der Waals surface area contributed by atoms with E-state index in [0.717, 1.165) is 6.07 Å². The van der Waals surface area contributed by atoms with Crippen LogP contribution in [0.5, 0.6) is 11.5 Å². The van der Waals surface area contributed by atoms with Crippen molar-refractivity contribution in [3.63, 3.8) is 0 Å². The highest BCUT2D eigenvalue weighted by atomic mass is 19.1. The molecule has 0 unspecified atom stereocenters. The second-order valence-electron chi connectivity index (χ2n) is 6.40. The number of amides is 2. The number of morpholine rings is 1. The van der Waals surface area contributed by atoms with Crippen molar-refractivity contribution in [3.05, 3.63) is 59.4 Å². The molecule has 3 rings (SSSR count). The van der Waals surface area contributed by atoms with Gasteiger partial charge in [0.15, 0.2) is 18.1 Å². The fraction of sp³-hybridized carbons (Fsp3) is 0.286. The number of nitrogens with zero attached hydrogens (tertiary/aromatic N) is 2. The number of hydrogen-bond donors (Lipinski definition) is 1. The Bertz CT molecular complexity index is 929. The number of benzene rings is 2. The first-order valence-corrected chi connectivity index (χ1v) is 9.32. The zero-order valence-electron chi connectivity index (χ0n) is 16.5. The van der Waals surface area contributed by atoms with Crippen LogP contribution in [0.1, 0.15) is 15.9 Å². The van der Waals surface area contributed by atoms with Crippen molar-refractivity contribution in [3.8, 4) is 11.5 Å². The second-order valence-corrected chi connectivity index (χ2v) is 6.40. The van der Waals surface area contributed by atoms with Crippen LogP contribution in [-0.4, -0.2) is 62.9 Å². The SMILES string of the molecule is COc1cc(/C=N\NC(=O)c2cccc(F)c2)ccc1OCC(=O)N1CCOCC1. The van der Waals surface area contributed by atoms with Crippen LogP contribution in [0, 0.1) is 5.82 Å². The molecule has 1 N–H and O–H groups in total. The van der Waals surface area contributed by atoms with Crippen molar-refractivity contribution < 1.29 is 28.2 Å². The van der Waals surface area contributed by atoms with Crippen LogP contribution in [0.25, 0.3) is 0 Å². The zero-order valence-corrected chi connectivity index (χ0v) is 16.5. The summed E-state index contributed by atoms with van der Waals surface area (Å²) in [7, 11) is 1.48. The molecule has 0 aromatic heterocycles. The van der Waals surface area contributed by atoms with Crippen molar-refractivity contribution in [1.82, 2.24) is 10.3 Å². The predicted octanol–water partition coefficient (Wildman–Crippen LogP) is 1.84. The van der Waals surface area contributed by atoms with Crippen molar-refractivity contribution in [2.45, 2.75) is 0 Å². The minimum Gasteiger partial charge on any atom is -0.493 e. The Morgan fingerprint density at radius 3 is 2.73 bits per heavy atom. The summed E-state index contributed by atoms with van der Waals surface area (Å²) in [5.41, 5.74) is 3.14. The minimum absolute atomic E-state index is 0.104. The molecule has 1 fully saturated rings. The molecule has 0 radical (unpaired) electrons. The summed E-state index contributed by atoms with van der Waals surface area (Å²) in [4.78, 5) is 25.9. The first-order chi connectivity index (χ1) is 14.6. The Labute approximate surface area is 173 Å². The Morgan fingerprint density at radius 1 is 1.20 bits per heavy atom. The lowest BCUT2D eigenvalue weighted by Gasteiger charge is -2.26. The average molecular weight is 415 g/mol. The van der Waals surface area contributed by atoms with Crippen LogP contribution in [0.3, 0.4) is 0 Å². The largest absolute Gasteiger partial charge is 0.493 e. The summed E-state index contributed by atoms with van der Waals surface area (Å²) >= 11 is 0. The summed E-state index contributed by atoms with van der Waals surface area (Å²) in [6.07, 6.45) is 1.42. The molecule has 8 nitrogen and oxygen atoms in total. The van der Waals surface area contributed by atoms with Gasteiger partial charge in [-0.3, -0.25) is 9.59 Å². The number of nitrogens with one attached hydrogen (secondary N) is 1. The molecule has 0 aliphatic carbocycles. The van der Waals surface area contributed by atoms with Gasteiger partial charge in [0, 0.05) is 18.7 Å². The van der Waals surface area contributed by atoms with E-state index in [1.54, 1.807) is 23.1 Å². The topological polar surface area (TPSA) is 89.5 Å². The molecule has 1 saturated heterocycles. The third-order valence-corrected chi connectivity index (χ3v) is 4.37. The van der Waals surface area contributed by atoms with E-state index in [9.17, 15) is 14.0 Å². The number of ether oxygens (including phenoxy) is 3. The van der Waals surface area contributed by atoms with E-state index in [4.69, 9.17) is 14.2 Å². The third kappa shape index (κ3) is 5.77. The molecule has 2 aromatic rings. The average Bonchev–Trinajstić information content (AvgIpc) is 2.78. The van der Waals surface area contributed by atoms with E-state index in [1.807, 2.05) is 0 Å². The lowest BCUT2D eigenvalue weighted by Crippen LogP contribution is -2.43. The molecule has 0 spiro atoms. The van der Waals surface area contributed by atoms with Gasteiger partial charge in [-0.1, -0.05) is 6.07 Å². The Hall–Kier alpha value is -3.46. The molecule has 1 aliphatic heterocycles. The molecule has 30 heavy (non-hydrogen) atoms. The van der Waals surface area contributed by atoms with Gasteiger partial charge in [0.05, 0.1) is 26.5 Å². The smallest absolute Gasteiger partial charge is 0.271 e. The van der Waals surface area contributed by atoms with Crippen LogP contribution in [-0.2, 0) is 9.53 Å². The molecule has 0 atom stereocenters. The van der Waals surface area contributed by atoms with Crippen molar-refractivity contribution in [2.75, 3.05) is 40.0 Å². The Balaban J connectivity index is 1.57. The Morgan fingerprint density at radius 2 is 2.00 bits per heavy atom. The van der Waals surface area contributed by atoms with Gasteiger partial charge in [-0.05, 0) is 42.0 Å². The number of carbonyl (C=O) groups excluding carboxylic acids is 2. The van der Waals surface area contributed by atoms with Gasteiger partial charge < -0.3 is 19.1 Å². The molecular formula is C21H22FN3O5. The second kappa shape index (κ2) is 10.4. The molecule has 9 heteroatoms. The fourth-order valence-electron chi connectivity index (χ4n) is 2.79. The maximum atomic E-state index is 13.2. The number of carbonyl (C=O) groups is 2. The summed E-state index contributed by atoms with van der Waals surface area (Å²) < 4.78 is 29.3. The quantitative estimate of drug-likeness (QED) is 0.551. The maximum Gasteiger partial charge on any atom is 0.271 e. The number of halogens is 1. The van der Waals surface area contributed by atoms with Crippen LogP contribution in [0.4, 0.5) is 4.39 Å². The highest BCUT2D eigenvalue weighted by Crippen LogP contribution is 2.27. The monoisotopic (exact) mass is 415 g/mol. The molecule has 2 amide bonds. The molecule has 158 valence electrons. The van der Waals surface area contributed by atoms with Crippen LogP contribution in [0.2, 0.25) is 0 Å². The predicted molar refractivity (Wildman–Crippen MR) is 107 cm³/mol. The molecule has 1 heterocycles. The van der Waals surface area contributed by atoms with Crippen LogP contribution in [0.15, 0.2) is 47.6 Å². The number of hydrazone groups is 1. The summed E-state index contributed by atoms with van der Waals surface area (Å²) in [5, 5.41) is 3.87. The van der Waals surface area contributed by atoms with E-state index >= 15 is 0 Å². The van der Waals surface area contributed by atoms with Gasteiger partial charge in [0.1, 0.15) is 5.82 Å². The molecule has 0 saturated carbocycles. The van der Waals surface area contributed by atoms with Crippen molar-refractivity contribution in [2.24, 2.45) is 5.10 Å². The number of hydrogen-bond acceptors (Lipinski definition) is 6. The molecular weight excluding hydrogens is 393 g/mol. The number of rotatable bonds is 7. The zero-order chi connectivity index (χ0) is 21.3. The number of methoxy groups -OCH3 is 1. The van der Waals surface area contributed by atoms with E-state index < -0.39 is 11.7 Å². The third-order valence-electron chi connectivity index (χ3n) is 4.37. The van der Waals surface area contributed by atoms with Gasteiger partial charge in [0.25, 0.3) is 11.8 Å². The Kier molecular flexibility index (Phi) is 7.34. The van der Waals surface area contributed by atoms with E-state index in [1.165, 1.54) is 31.5 Å². The highest BCUT2D eigenvalue weighted by molar-refractivity contribution is 5.94. The standard InChI is InChI=1S/C21H22FN3O5/c1-28-19-11-15(13-23-24-21(27)16-3-2-4-17(22)12-16)5-6-18(19)30-14-20(26)25-7-9-29-10-8-25/h2-6,11-13H,7-10,14H2,1H3,(H,24,27)/b23-13-. The van der Waals surface area contributed by atoms with Gasteiger partial charge in [0.2, 0.25) is 0 Å².